The molecule has 1 aliphatic heterocycles. The minimum absolute atomic E-state index is 0.126. The number of nitriles is 1. The third kappa shape index (κ3) is 2.38. The number of rotatable bonds is 2. The molecule has 1 saturated heterocycles. The molecule has 0 bridgehead atoms. The second-order valence-electron chi connectivity index (χ2n) is 8.30. The lowest BCUT2D eigenvalue weighted by Gasteiger charge is -2.29. The minimum atomic E-state index is -0.590. The maximum atomic E-state index is 12.3. The van der Waals surface area contributed by atoms with Crippen molar-refractivity contribution in [3.63, 3.8) is 0 Å². The predicted octanol–water partition coefficient (Wildman–Crippen LogP) is 3.20. The van der Waals surface area contributed by atoms with Crippen molar-refractivity contribution < 1.29 is 14.1 Å². The molecule has 0 aromatic carbocycles. The van der Waals surface area contributed by atoms with Gasteiger partial charge in [0.25, 0.3) is 0 Å². The van der Waals surface area contributed by atoms with Gasteiger partial charge < -0.3 is 14.2 Å². The van der Waals surface area contributed by atoms with Crippen LogP contribution >= 0.6 is 0 Å². The average Bonchev–Trinajstić information content (AvgIpc) is 3.42. The summed E-state index contributed by atoms with van der Waals surface area (Å²) in [4.78, 5) is 14.0. The monoisotopic (exact) mass is 329 g/mol. The molecule has 3 atom stereocenters. The number of carbonyl (C=O) groups excluding carboxylic acids is 1. The lowest BCUT2D eigenvalue weighted by Crippen LogP contribution is -2.40. The molecule has 3 fully saturated rings. The van der Waals surface area contributed by atoms with Crippen molar-refractivity contribution in [3.05, 3.63) is 17.5 Å². The van der Waals surface area contributed by atoms with Gasteiger partial charge in [-0.1, -0.05) is 5.16 Å². The largest absolute Gasteiger partial charge is 0.444 e. The maximum Gasteiger partial charge on any atom is 0.410 e. The van der Waals surface area contributed by atoms with E-state index in [2.05, 4.69) is 11.2 Å². The smallest absolute Gasteiger partial charge is 0.410 e. The van der Waals surface area contributed by atoms with E-state index < -0.39 is 11.0 Å². The van der Waals surface area contributed by atoms with Gasteiger partial charge in [-0.15, -0.1) is 0 Å². The standard InChI is InChI=1S/C18H23N3O3/c1-17(2,3)23-16(22)21-7-6-12-13(9-21)18(12,10-19)15-8-14(24-20-15)11-4-5-11/h8,11-13H,4-7,9H2,1-3H3. The van der Waals surface area contributed by atoms with Crippen LogP contribution in [-0.2, 0) is 10.2 Å². The summed E-state index contributed by atoms with van der Waals surface area (Å²) in [6.07, 6.45) is 2.81. The van der Waals surface area contributed by atoms with E-state index in [0.717, 1.165) is 30.7 Å². The van der Waals surface area contributed by atoms with Crippen molar-refractivity contribution in [2.75, 3.05) is 13.1 Å². The molecule has 0 spiro atoms. The molecule has 3 aliphatic rings. The summed E-state index contributed by atoms with van der Waals surface area (Å²) in [6.45, 7) is 6.78. The van der Waals surface area contributed by atoms with Crippen LogP contribution in [0.5, 0.6) is 0 Å². The lowest BCUT2D eigenvalue weighted by atomic mass is 9.98. The fourth-order valence-corrected chi connectivity index (χ4v) is 4.00. The molecule has 24 heavy (non-hydrogen) atoms. The van der Waals surface area contributed by atoms with E-state index >= 15 is 0 Å². The van der Waals surface area contributed by atoms with Crippen LogP contribution in [0.15, 0.2) is 10.6 Å². The summed E-state index contributed by atoms with van der Waals surface area (Å²) in [6, 6.07) is 4.46. The van der Waals surface area contributed by atoms with Gasteiger partial charge in [-0.05, 0) is 46.0 Å². The molecule has 3 unspecified atom stereocenters. The molecule has 4 rings (SSSR count). The number of ether oxygens (including phenoxy) is 1. The van der Waals surface area contributed by atoms with Crippen molar-refractivity contribution in [2.45, 2.75) is 57.0 Å². The molecule has 1 aromatic rings. The molecule has 128 valence electrons. The fraction of sp³-hybridized carbons (Fsp3) is 0.722. The van der Waals surface area contributed by atoms with Crippen molar-refractivity contribution in [2.24, 2.45) is 11.8 Å². The van der Waals surface area contributed by atoms with Crippen LogP contribution in [0.1, 0.15) is 57.4 Å². The van der Waals surface area contributed by atoms with Crippen LogP contribution in [0.2, 0.25) is 0 Å². The maximum absolute atomic E-state index is 12.3. The van der Waals surface area contributed by atoms with Gasteiger partial charge in [-0.2, -0.15) is 5.26 Å². The molecule has 6 heteroatoms. The van der Waals surface area contributed by atoms with Gasteiger partial charge >= 0.3 is 6.09 Å². The minimum Gasteiger partial charge on any atom is -0.444 e. The van der Waals surface area contributed by atoms with Gasteiger partial charge in [-0.25, -0.2) is 4.79 Å². The summed E-state index contributed by atoms with van der Waals surface area (Å²) in [5.74, 6) is 1.78. The summed E-state index contributed by atoms with van der Waals surface area (Å²) < 4.78 is 10.9. The number of aromatic nitrogens is 1. The quantitative estimate of drug-likeness (QED) is 0.832. The third-order valence-electron chi connectivity index (χ3n) is 5.44. The first-order chi connectivity index (χ1) is 11.3. The number of piperidine rings is 1. The number of amides is 1. The van der Waals surface area contributed by atoms with Crippen LogP contribution in [0, 0.1) is 23.2 Å². The molecule has 6 nitrogen and oxygen atoms in total. The van der Waals surface area contributed by atoms with E-state index in [0.29, 0.717) is 19.0 Å². The summed E-state index contributed by atoms with van der Waals surface area (Å²) in [5.41, 5.74) is -0.337. The Morgan fingerprint density at radius 1 is 1.42 bits per heavy atom. The number of fused-ring (bicyclic) bond motifs is 1. The average molecular weight is 329 g/mol. The van der Waals surface area contributed by atoms with E-state index in [1.807, 2.05) is 26.8 Å². The van der Waals surface area contributed by atoms with E-state index in [1.54, 1.807) is 4.90 Å². The Balaban J connectivity index is 1.50. The van der Waals surface area contributed by atoms with Crippen LogP contribution in [0.4, 0.5) is 4.79 Å². The lowest BCUT2D eigenvalue weighted by molar-refractivity contribution is 0.0207. The molecular weight excluding hydrogens is 306 g/mol. The van der Waals surface area contributed by atoms with Gasteiger partial charge in [0, 0.05) is 31.0 Å². The number of hydrogen-bond acceptors (Lipinski definition) is 5. The van der Waals surface area contributed by atoms with Crippen LogP contribution in [0.3, 0.4) is 0 Å². The Bertz CT molecular complexity index is 710. The van der Waals surface area contributed by atoms with Gasteiger partial charge in [0.05, 0.1) is 6.07 Å². The molecule has 2 saturated carbocycles. The highest BCUT2D eigenvalue weighted by molar-refractivity contribution is 5.68. The van der Waals surface area contributed by atoms with Gasteiger partial charge in [0.2, 0.25) is 0 Å². The van der Waals surface area contributed by atoms with E-state index in [9.17, 15) is 10.1 Å². The highest BCUT2D eigenvalue weighted by Crippen LogP contribution is 2.63. The number of hydrogen-bond donors (Lipinski definition) is 0. The van der Waals surface area contributed by atoms with E-state index in [4.69, 9.17) is 9.26 Å². The normalized spacial score (nSPS) is 32.0. The molecule has 1 aromatic heterocycles. The molecule has 2 heterocycles. The highest BCUT2D eigenvalue weighted by atomic mass is 16.6. The molecular formula is C18H23N3O3. The van der Waals surface area contributed by atoms with Crippen LogP contribution < -0.4 is 0 Å². The summed E-state index contributed by atoms with van der Waals surface area (Å²) in [7, 11) is 0. The molecule has 2 aliphatic carbocycles. The van der Waals surface area contributed by atoms with Crippen LogP contribution in [0.25, 0.3) is 0 Å². The summed E-state index contributed by atoms with van der Waals surface area (Å²) in [5, 5.41) is 14.1. The molecule has 0 radical (unpaired) electrons. The molecule has 1 amide bonds. The van der Waals surface area contributed by atoms with Gasteiger partial charge in [-0.3, -0.25) is 0 Å². The number of likely N-dealkylation sites (tertiary alicyclic amines) is 1. The van der Waals surface area contributed by atoms with Crippen molar-refractivity contribution in [3.8, 4) is 6.07 Å². The second-order valence-corrected chi connectivity index (χ2v) is 8.30. The predicted molar refractivity (Wildman–Crippen MR) is 85.2 cm³/mol. The zero-order valence-electron chi connectivity index (χ0n) is 14.4. The Morgan fingerprint density at radius 2 is 2.17 bits per heavy atom. The number of carbonyl (C=O) groups is 1. The topological polar surface area (TPSA) is 79.4 Å². The Morgan fingerprint density at radius 3 is 2.79 bits per heavy atom. The Kier molecular flexibility index (Phi) is 3.22. The number of nitrogens with zero attached hydrogens (tertiary/aromatic N) is 3. The second kappa shape index (κ2) is 4.98. The first-order valence-electron chi connectivity index (χ1n) is 8.71. The van der Waals surface area contributed by atoms with E-state index in [1.165, 1.54) is 0 Å². The van der Waals surface area contributed by atoms with Crippen molar-refractivity contribution in [1.82, 2.24) is 10.1 Å². The fourth-order valence-electron chi connectivity index (χ4n) is 4.00. The molecule has 0 N–H and O–H groups in total. The van der Waals surface area contributed by atoms with Crippen molar-refractivity contribution >= 4 is 6.09 Å². The van der Waals surface area contributed by atoms with Crippen LogP contribution in [-0.4, -0.2) is 34.8 Å². The van der Waals surface area contributed by atoms with E-state index in [-0.39, 0.29) is 17.9 Å². The SMILES string of the molecule is CC(C)(C)OC(=O)N1CCC2C(C1)C2(C#N)c1cc(C2CC2)on1. The highest BCUT2D eigenvalue weighted by Gasteiger charge is 2.69. The van der Waals surface area contributed by atoms with Gasteiger partial charge in [0.1, 0.15) is 22.5 Å². The Labute approximate surface area is 141 Å². The summed E-state index contributed by atoms with van der Waals surface area (Å²) >= 11 is 0. The first kappa shape index (κ1) is 15.5. The third-order valence-corrected chi connectivity index (χ3v) is 5.44. The Hall–Kier alpha value is -2.03. The van der Waals surface area contributed by atoms with Gasteiger partial charge in [0.15, 0.2) is 0 Å². The zero-order valence-corrected chi connectivity index (χ0v) is 14.4. The first-order valence-corrected chi connectivity index (χ1v) is 8.71. The van der Waals surface area contributed by atoms with Crippen molar-refractivity contribution in [1.29, 1.82) is 5.26 Å². The zero-order chi connectivity index (χ0) is 17.1.